The first-order chi connectivity index (χ1) is 13.1. The molecule has 0 radical (unpaired) electrons. The Morgan fingerprint density at radius 1 is 1.11 bits per heavy atom. The molecular formula is C22H20N2O3. The van der Waals surface area contributed by atoms with E-state index in [1.807, 2.05) is 60.0 Å². The summed E-state index contributed by atoms with van der Waals surface area (Å²) in [4.78, 5) is 24.6. The van der Waals surface area contributed by atoms with Crippen molar-refractivity contribution in [3.63, 3.8) is 0 Å². The van der Waals surface area contributed by atoms with Crippen LogP contribution in [-0.2, 0) is 22.5 Å². The zero-order valence-electron chi connectivity index (χ0n) is 15.1. The molecule has 0 saturated carbocycles. The number of aryl methyl sites for hydroxylation is 2. The summed E-state index contributed by atoms with van der Waals surface area (Å²) in [7, 11) is 0. The first kappa shape index (κ1) is 18.4. The molecule has 136 valence electrons. The van der Waals surface area contributed by atoms with Crippen molar-refractivity contribution in [1.29, 1.82) is 5.26 Å². The number of carbonyl (C=O) groups is 2. The predicted molar refractivity (Wildman–Crippen MR) is 102 cm³/mol. The third-order valence-corrected chi connectivity index (χ3v) is 4.39. The van der Waals surface area contributed by atoms with Crippen LogP contribution < -0.4 is 0 Å². The van der Waals surface area contributed by atoms with Gasteiger partial charge in [0.1, 0.15) is 0 Å². The summed E-state index contributed by atoms with van der Waals surface area (Å²) in [5.74, 6) is -0.681. The number of carbonyl (C=O) groups excluding carboxylic acids is 2. The van der Waals surface area contributed by atoms with Crippen molar-refractivity contribution in [3.05, 3.63) is 71.4 Å². The standard InChI is InChI=1S/C22H20N2O3/c1-16-7-9-17(10-8-16)13-22(26)27-15-21(25)19-14-24(12-4-11-23)20-6-3-2-5-18(19)20/h2-3,5-10,14H,4,12-13,15H2,1H3. The van der Waals surface area contributed by atoms with Crippen LogP contribution in [0.3, 0.4) is 0 Å². The summed E-state index contributed by atoms with van der Waals surface area (Å²) in [5, 5.41) is 9.61. The number of hydrogen-bond donors (Lipinski definition) is 0. The number of hydrogen-bond acceptors (Lipinski definition) is 4. The fraction of sp³-hybridized carbons (Fsp3) is 0.227. The number of nitriles is 1. The molecule has 27 heavy (non-hydrogen) atoms. The Morgan fingerprint density at radius 3 is 2.59 bits per heavy atom. The molecule has 3 rings (SSSR count). The van der Waals surface area contributed by atoms with Crippen molar-refractivity contribution in [3.8, 4) is 6.07 Å². The van der Waals surface area contributed by atoms with E-state index in [2.05, 4.69) is 6.07 Å². The highest BCUT2D eigenvalue weighted by atomic mass is 16.5. The van der Waals surface area contributed by atoms with Crippen LogP contribution in [0.15, 0.2) is 54.7 Å². The quantitative estimate of drug-likeness (QED) is 0.474. The smallest absolute Gasteiger partial charge is 0.310 e. The molecule has 0 N–H and O–H groups in total. The maximum atomic E-state index is 12.6. The molecule has 0 aliphatic heterocycles. The van der Waals surface area contributed by atoms with E-state index < -0.39 is 5.97 Å². The molecule has 5 heteroatoms. The molecule has 0 atom stereocenters. The van der Waals surface area contributed by atoms with Gasteiger partial charge in [-0.15, -0.1) is 0 Å². The molecule has 0 amide bonds. The highest BCUT2D eigenvalue weighted by molar-refractivity contribution is 6.09. The minimum Gasteiger partial charge on any atom is -0.457 e. The molecule has 0 fully saturated rings. The van der Waals surface area contributed by atoms with Gasteiger partial charge >= 0.3 is 5.97 Å². The number of esters is 1. The Morgan fingerprint density at radius 2 is 1.85 bits per heavy atom. The van der Waals surface area contributed by atoms with Crippen LogP contribution in [0.25, 0.3) is 10.9 Å². The average Bonchev–Trinajstić information content (AvgIpc) is 3.05. The lowest BCUT2D eigenvalue weighted by Crippen LogP contribution is -2.15. The van der Waals surface area contributed by atoms with Crippen molar-refractivity contribution in [2.75, 3.05) is 6.61 Å². The van der Waals surface area contributed by atoms with Crippen LogP contribution in [0.5, 0.6) is 0 Å². The number of Topliss-reactive ketones (excluding diaryl/α,β-unsaturated/α-hetero) is 1. The molecule has 0 spiro atoms. The van der Waals surface area contributed by atoms with Crippen LogP contribution in [0, 0.1) is 18.3 Å². The zero-order chi connectivity index (χ0) is 19.2. The molecule has 1 heterocycles. The Hall–Kier alpha value is -3.39. The molecule has 3 aromatic rings. The van der Waals surface area contributed by atoms with Crippen LogP contribution in [0.1, 0.15) is 27.9 Å². The Balaban J connectivity index is 1.68. The normalized spacial score (nSPS) is 10.5. The summed E-state index contributed by atoms with van der Waals surface area (Å²) < 4.78 is 7.07. The maximum Gasteiger partial charge on any atom is 0.310 e. The van der Waals surface area contributed by atoms with Crippen molar-refractivity contribution in [2.24, 2.45) is 0 Å². The molecule has 0 aliphatic carbocycles. The second kappa shape index (κ2) is 8.33. The van der Waals surface area contributed by atoms with Gasteiger partial charge in [-0.05, 0) is 18.6 Å². The lowest BCUT2D eigenvalue weighted by molar-refractivity contribution is -0.141. The van der Waals surface area contributed by atoms with Crippen molar-refractivity contribution >= 4 is 22.7 Å². The number of rotatable bonds is 7. The lowest BCUT2D eigenvalue weighted by Gasteiger charge is -2.04. The molecule has 2 aromatic carbocycles. The molecule has 0 aliphatic rings. The van der Waals surface area contributed by atoms with Crippen LogP contribution in [0.2, 0.25) is 0 Å². The van der Waals surface area contributed by atoms with Gasteiger partial charge in [0.2, 0.25) is 5.78 Å². The van der Waals surface area contributed by atoms with Gasteiger partial charge in [-0.1, -0.05) is 48.0 Å². The van der Waals surface area contributed by atoms with E-state index in [0.29, 0.717) is 18.5 Å². The number of ketones is 1. The Bertz CT molecular complexity index is 1010. The first-order valence-corrected chi connectivity index (χ1v) is 8.77. The summed E-state index contributed by atoms with van der Waals surface area (Å²) in [5.41, 5.74) is 3.37. The van der Waals surface area contributed by atoms with E-state index in [9.17, 15) is 9.59 Å². The van der Waals surface area contributed by atoms with Gasteiger partial charge in [-0.2, -0.15) is 5.26 Å². The van der Waals surface area contributed by atoms with E-state index in [4.69, 9.17) is 10.00 Å². The second-order valence-electron chi connectivity index (χ2n) is 6.41. The van der Waals surface area contributed by atoms with Crippen molar-refractivity contribution in [2.45, 2.75) is 26.3 Å². The number of para-hydroxylation sites is 1. The van der Waals surface area contributed by atoms with Crippen molar-refractivity contribution < 1.29 is 14.3 Å². The first-order valence-electron chi connectivity index (χ1n) is 8.77. The van der Waals surface area contributed by atoms with Crippen LogP contribution in [0.4, 0.5) is 0 Å². The molecule has 0 unspecified atom stereocenters. The summed E-state index contributed by atoms with van der Waals surface area (Å²) in [6.45, 7) is 2.20. The van der Waals surface area contributed by atoms with Gasteiger partial charge in [0.15, 0.2) is 6.61 Å². The number of ether oxygens (including phenoxy) is 1. The molecule has 0 saturated heterocycles. The van der Waals surface area contributed by atoms with Gasteiger partial charge in [0.25, 0.3) is 0 Å². The number of fused-ring (bicyclic) bond motifs is 1. The molecule has 0 bridgehead atoms. The monoisotopic (exact) mass is 360 g/mol. The highest BCUT2D eigenvalue weighted by Crippen LogP contribution is 2.22. The third-order valence-electron chi connectivity index (χ3n) is 4.39. The van der Waals surface area contributed by atoms with E-state index >= 15 is 0 Å². The molecule has 1 aromatic heterocycles. The minimum atomic E-state index is -0.430. The highest BCUT2D eigenvalue weighted by Gasteiger charge is 2.16. The van der Waals surface area contributed by atoms with E-state index in [-0.39, 0.29) is 18.8 Å². The zero-order valence-corrected chi connectivity index (χ0v) is 15.1. The molecular weight excluding hydrogens is 340 g/mol. The van der Waals surface area contributed by atoms with Gasteiger partial charge in [0.05, 0.1) is 18.9 Å². The number of aromatic nitrogens is 1. The topological polar surface area (TPSA) is 72.1 Å². The Kier molecular flexibility index (Phi) is 5.68. The van der Waals surface area contributed by atoms with E-state index in [1.54, 1.807) is 6.20 Å². The van der Waals surface area contributed by atoms with Crippen LogP contribution >= 0.6 is 0 Å². The molecule has 5 nitrogen and oxygen atoms in total. The van der Waals surface area contributed by atoms with Crippen LogP contribution in [-0.4, -0.2) is 22.9 Å². The predicted octanol–water partition coefficient (Wildman–Crippen LogP) is 3.83. The summed E-state index contributed by atoms with van der Waals surface area (Å²) >= 11 is 0. The van der Waals surface area contributed by atoms with Crippen molar-refractivity contribution in [1.82, 2.24) is 4.57 Å². The fourth-order valence-corrected chi connectivity index (χ4v) is 2.97. The van der Waals surface area contributed by atoms with Gasteiger partial charge in [-0.3, -0.25) is 9.59 Å². The van der Waals surface area contributed by atoms with Gasteiger partial charge in [-0.25, -0.2) is 0 Å². The second-order valence-corrected chi connectivity index (χ2v) is 6.41. The summed E-state index contributed by atoms with van der Waals surface area (Å²) in [6.07, 6.45) is 2.23. The maximum absolute atomic E-state index is 12.6. The number of nitrogens with zero attached hydrogens (tertiary/aromatic N) is 2. The SMILES string of the molecule is Cc1ccc(CC(=O)OCC(=O)c2cn(CCC#N)c3ccccc23)cc1. The van der Waals surface area contributed by atoms with E-state index in [1.165, 1.54) is 0 Å². The number of benzene rings is 2. The Labute approximate surface area is 157 Å². The fourth-order valence-electron chi connectivity index (χ4n) is 2.97. The summed E-state index contributed by atoms with van der Waals surface area (Å²) in [6, 6.07) is 17.3. The van der Waals surface area contributed by atoms with Gasteiger partial charge in [0, 0.05) is 29.2 Å². The third kappa shape index (κ3) is 4.42. The lowest BCUT2D eigenvalue weighted by atomic mass is 10.1. The van der Waals surface area contributed by atoms with E-state index in [0.717, 1.165) is 22.0 Å². The van der Waals surface area contributed by atoms with Gasteiger partial charge < -0.3 is 9.30 Å². The minimum absolute atomic E-state index is 0.136. The average molecular weight is 360 g/mol. The largest absolute Gasteiger partial charge is 0.457 e.